The van der Waals surface area contributed by atoms with Crippen molar-refractivity contribution in [1.82, 2.24) is 29.9 Å². The molecule has 0 unspecified atom stereocenters. The molecule has 0 aliphatic rings. The zero-order chi connectivity index (χ0) is 29.3. The van der Waals surface area contributed by atoms with E-state index in [0.29, 0.717) is 17.5 Å². The van der Waals surface area contributed by atoms with Crippen LogP contribution in [0.15, 0.2) is 146 Å². The average Bonchev–Trinajstić information content (AvgIpc) is 3.12. The number of benzene rings is 4. The highest BCUT2D eigenvalue weighted by atomic mass is 15.0. The Bertz CT molecular complexity index is 2210. The topological polar surface area (TPSA) is 77.3 Å². The number of fused-ring (bicyclic) bond motifs is 3. The Morgan fingerprint density at radius 3 is 1.59 bits per heavy atom. The van der Waals surface area contributed by atoms with Gasteiger partial charge in [-0.15, -0.1) is 0 Å². The van der Waals surface area contributed by atoms with Gasteiger partial charge in [0.15, 0.2) is 17.5 Å². The number of pyridine rings is 3. The van der Waals surface area contributed by atoms with E-state index in [1.54, 1.807) is 6.20 Å². The van der Waals surface area contributed by atoms with Gasteiger partial charge in [0.05, 0.1) is 11.0 Å². The van der Waals surface area contributed by atoms with Crippen LogP contribution in [0.3, 0.4) is 0 Å². The van der Waals surface area contributed by atoms with Crippen LogP contribution in [0.25, 0.3) is 78.2 Å². The van der Waals surface area contributed by atoms with Crippen molar-refractivity contribution in [1.29, 1.82) is 0 Å². The van der Waals surface area contributed by atoms with Crippen LogP contribution >= 0.6 is 0 Å². The number of hydrogen-bond acceptors (Lipinski definition) is 6. The van der Waals surface area contributed by atoms with Crippen LogP contribution in [0, 0.1) is 0 Å². The van der Waals surface area contributed by atoms with Gasteiger partial charge in [-0.2, -0.15) is 0 Å². The lowest BCUT2D eigenvalue weighted by Crippen LogP contribution is -2.00. The molecule has 0 N–H and O–H groups in total. The maximum absolute atomic E-state index is 4.99. The first-order valence-electron chi connectivity index (χ1n) is 14.4. The molecule has 6 nitrogen and oxygen atoms in total. The highest BCUT2D eigenvalue weighted by Crippen LogP contribution is 2.34. The Hall–Kier alpha value is -6.14. The summed E-state index contributed by atoms with van der Waals surface area (Å²) in [5, 5.41) is 2.10. The lowest BCUT2D eigenvalue weighted by molar-refractivity contribution is 1.07. The van der Waals surface area contributed by atoms with E-state index >= 15 is 0 Å². The van der Waals surface area contributed by atoms with E-state index < -0.39 is 0 Å². The number of nitrogens with zero attached hydrogens (tertiary/aromatic N) is 6. The molecule has 0 atom stereocenters. The molecule has 0 spiro atoms. The Morgan fingerprint density at radius 2 is 0.909 bits per heavy atom. The minimum Gasteiger partial charge on any atom is -0.264 e. The number of hydrogen-bond donors (Lipinski definition) is 0. The van der Waals surface area contributed by atoms with E-state index in [1.165, 1.54) is 0 Å². The fourth-order valence-corrected chi connectivity index (χ4v) is 5.46. The molecule has 4 aromatic carbocycles. The maximum Gasteiger partial charge on any atom is 0.164 e. The van der Waals surface area contributed by atoms with Gasteiger partial charge in [-0.05, 0) is 47.5 Å². The van der Waals surface area contributed by atoms with E-state index in [4.69, 9.17) is 19.9 Å². The quantitative estimate of drug-likeness (QED) is 0.195. The van der Waals surface area contributed by atoms with Gasteiger partial charge in [0.2, 0.25) is 0 Å². The van der Waals surface area contributed by atoms with Gasteiger partial charge in [0.25, 0.3) is 0 Å². The van der Waals surface area contributed by atoms with Gasteiger partial charge in [-0.3, -0.25) is 15.0 Å². The van der Waals surface area contributed by atoms with Gasteiger partial charge in [0, 0.05) is 63.4 Å². The molecule has 0 aliphatic carbocycles. The van der Waals surface area contributed by atoms with E-state index in [9.17, 15) is 0 Å². The van der Waals surface area contributed by atoms with Crippen molar-refractivity contribution in [2.24, 2.45) is 0 Å². The normalized spacial score (nSPS) is 11.2. The second kappa shape index (κ2) is 10.9. The molecule has 0 amide bonds. The van der Waals surface area contributed by atoms with Crippen molar-refractivity contribution >= 4 is 21.8 Å². The zero-order valence-electron chi connectivity index (χ0n) is 23.5. The molecule has 0 radical (unpaired) electrons. The van der Waals surface area contributed by atoms with Crippen molar-refractivity contribution < 1.29 is 0 Å². The molecule has 8 aromatic rings. The Morgan fingerprint density at radius 1 is 0.341 bits per heavy atom. The molecule has 4 aromatic heterocycles. The molecule has 44 heavy (non-hydrogen) atoms. The van der Waals surface area contributed by atoms with E-state index in [0.717, 1.165) is 60.8 Å². The third-order valence-electron chi connectivity index (χ3n) is 7.64. The van der Waals surface area contributed by atoms with Crippen LogP contribution in [0.2, 0.25) is 0 Å². The minimum absolute atomic E-state index is 0.591. The lowest BCUT2D eigenvalue weighted by atomic mass is 9.96. The van der Waals surface area contributed by atoms with Gasteiger partial charge in [-0.25, -0.2) is 15.0 Å². The largest absolute Gasteiger partial charge is 0.264 e. The van der Waals surface area contributed by atoms with Gasteiger partial charge in [-0.1, -0.05) is 84.9 Å². The fourth-order valence-electron chi connectivity index (χ4n) is 5.46. The Balaban J connectivity index is 1.34. The molecule has 8 rings (SSSR count). The Kier molecular flexibility index (Phi) is 6.35. The molecule has 0 fully saturated rings. The third kappa shape index (κ3) is 4.84. The smallest absolute Gasteiger partial charge is 0.164 e. The molecular formula is C38H24N6. The summed E-state index contributed by atoms with van der Waals surface area (Å²) in [5.74, 6) is 1.83. The predicted octanol–water partition coefficient (Wildman–Crippen LogP) is 8.70. The van der Waals surface area contributed by atoms with Gasteiger partial charge in [0.1, 0.15) is 0 Å². The minimum atomic E-state index is 0.591. The fraction of sp³-hybridized carbons (Fsp3) is 0. The van der Waals surface area contributed by atoms with E-state index in [2.05, 4.69) is 58.5 Å². The molecular weight excluding hydrogens is 540 g/mol. The number of aromatic nitrogens is 6. The van der Waals surface area contributed by atoms with Crippen molar-refractivity contribution in [3.05, 3.63) is 146 Å². The van der Waals surface area contributed by atoms with E-state index in [-0.39, 0.29) is 0 Å². The summed E-state index contributed by atoms with van der Waals surface area (Å²) in [6, 6.07) is 40.8. The summed E-state index contributed by atoms with van der Waals surface area (Å²) < 4.78 is 0. The standard InChI is InChI=1S/C38H24N6/c1-3-9-26(10-4-1)36-42-37(27-11-5-2-6-12-27)44-38(43-36)32-21-30(29-14-7-17-39-23-29)20-31(22-32)33-19-28-16-15-25-13-8-18-40-34(25)35(28)41-24-33/h1-24H. The maximum atomic E-state index is 4.99. The van der Waals surface area contributed by atoms with Crippen molar-refractivity contribution in [3.8, 4) is 56.4 Å². The molecule has 206 valence electrons. The molecule has 6 heteroatoms. The number of rotatable bonds is 5. The summed E-state index contributed by atoms with van der Waals surface area (Å²) in [6.07, 6.45) is 7.38. The van der Waals surface area contributed by atoms with Gasteiger partial charge >= 0.3 is 0 Å². The summed E-state index contributed by atoms with van der Waals surface area (Å²) in [6.45, 7) is 0. The van der Waals surface area contributed by atoms with Crippen LogP contribution in [-0.2, 0) is 0 Å². The van der Waals surface area contributed by atoms with Crippen LogP contribution in [-0.4, -0.2) is 29.9 Å². The van der Waals surface area contributed by atoms with Gasteiger partial charge < -0.3 is 0 Å². The Labute approximate surface area is 253 Å². The molecule has 4 heterocycles. The molecule has 0 bridgehead atoms. The third-order valence-corrected chi connectivity index (χ3v) is 7.64. The molecule has 0 aliphatic heterocycles. The summed E-state index contributed by atoms with van der Waals surface area (Å²) >= 11 is 0. The SMILES string of the molecule is c1ccc(-c2nc(-c3ccccc3)nc(-c3cc(-c4cccnc4)cc(-c4cnc5c(ccc6cccnc65)c4)c3)n2)cc1. The van der Waals surface area contributed by atoms with Crippen LogP contribution in [0.5, 0.6) is 0 Å². The zero-order valence-corrected chi connectivity index (χ0v) is 23.5. The van der Waals surface area contributed by atoms with E-state index in [1.807, 2.05) is 91.4 Å². The summed E-state index contributed by atoms with van der Waals surface area (Å²) in [4.78, 5) is 28.7. The first kappa shape index (κ1) is 25.6. The lowest BCUT2D eigenvalue weighted by Gasteiger charge is -2.13. The monoisotopic (exact) mass is 564 g/mol. The van der Waals surface area contributed by atoms with Crippen LogP contribution < -0.4 is 0 Å². The van der Waals surface area contributed by atoms with Crippen LogP contribution in [0.1, 0.15) is 0 Å². The second-order valence-corrected chi connectivity index (χ2v) is 10.5. The first-order chi connectivity index (χ1) is 21.8. The summed E-state index contributed by atoms with van der Waals surface area (Å²) in [5.41, 5.74) is 8.50. The highest BCUT2D eigenvalue weighted by molar-refractivity contribution is 6.03. The van der Waals surface area contributed by atoms with Crippen molar-refractivity contribution in [2.45, 2.75) is 0 Å². The second-order valence-electron chi connectivity index (χ2n) is 10.5. The predicted molar refractivity (Wildman–Crippen MR) is 175 cm³/mol. The molecule has 0 saturated heterocycles. The average molecular weight is 565 g/mol. The first-order valence-corrected chi connectivity index (χ1v) is 14.4. The van der Waals surface area contributed by atoms with Crippen LogP contribution in [0.4, 0.5) is 0 Å². The molecule has 0 saturated carbocycles. The van der Waals surface area contributed by atoms with Crippen molar-refractivity contribution in [3.63, 3.8) is 0 Å². The van der Waals surface area contributed by atoms with Crippen molar-refractivity contribution in [2.75, 3.05) is 0 Å². The summed E-state index contributed by atoms with van der Waals surface area (Å²) in [7, 11) is 0. The highest BCUT2D eigenvalue weighted by Gasteiger charge is 2.15.